The van der Waals surface area contributed by atoms with E-state index in [0.29, 0.717) is 17.0 Å². The Bertz CT molecular complexity index is 4380. The molecule has 0 saturated heterocycles. The Balaban J connectivity index is 1.08. The maximum Gasteiger partial charge on any atom is 0.269 e. The molecule has 0 bridgehead atoms. The van der Waals surface area contributed by atoms with E-state index in [9.17, 15) is 0 Å². The third-order valence-corrected chi connectivity index (χ3v) is 14.6. The topological polar surface area (TPSA) is 35.9 Å². The smallest absolute Gasteiger partial charge is 0.269 e. The van der Waals surface area contributed by atoms with Gasteiger partial charge in [-0.2, -0.15) is 0 Å². The highest BCUT2D eigenvalue weighted by Crippen LogP contribution is 2.41. The van der Waals surface area contributed by atoms with Gasteiger partial charge in [-0.25, -0.2) is 4.98 Å². The Labute approximate surface area is 461 Å². The molecule has 0 fully saturated rings. The zero-order valence-electron chi connectivity index (χ0n) is 53.7. The van der Waals surface area contributed by atoms with E-state index in [0.717, 1.165) is 61.0 Å². The quantitative estimate of drug-likeness (QED) is 0.112. The van der Waals surface area contributed by atoms with E-state index in [4.69, 9.17) is 20.7 Å². The lowest BCUT2D eigenvalue weighted by Crippen LogP contribution is -2.34. The zero-order chi connectivity index (χ0) is 60.3. The normalized spacial score (nSPS) is 14.2. The van der Waals surface area contributed by atoms with Gasteiger partial charge in [0.05, 0.1) is 40.3 Å². The number of para-hydroxylation sites is 2. The first-order valence-electron chi connectivity index (χ1n) is 30.2. The summed E-state index contributed by atoms with van der Waals surface area (Å²) in [6.07, 6.45) is 5.22. The highest BCUT2D eigenvalue weighted by Gasteiger charge is 2.27. The van der Waals surface area contributed by atoms with Crippen LogP contribution in [0.25, 0.3) is 83.4 Å². The van der Waals surface area contributed by atoms with Crippen LogP contribution in [-0.4, -0.2) is 14.1 Å². The molecule has 0 amide bonds. The van der Waals surface area contributed by atoms with Crippen molar-refractivity contribution in [3.05, 3.63) is 222 Å². The number of hydrogen-bond donors (Lipinski definition) is 0. The molecule has 11 aromatic rings. The van der Waals surface area contributed by atoms with Crippen molar-refractivity contribution in [2.45, 2.75) is 112 Å². The van der Waals surface area contributed by atoms with Crippen LogP contribution >= 0.6 is 0 Å². The van der Waals surface area contributed by atoms with Gasteiger partial charge in [-0.05, 0) is 133 Å². The summed E-state index contributed by atoms with van der Waals surface area (Å²) in [4.78, 5) is 4.78. The van der Waals surface area contributed by atoms with Gasteiger partial charge in [0.25, 0.3) is 6.33 Å². The molecule has 0 aliphatic rings. The summed E-state index contributed by atoms with van der Waals surface area (Å²) in [7, 11) is 0. The second kappa shape index (κ2) is 18.7. The summed E-state index contributed by atoms with van der Waals surface area (Å²) in [5.41, 5.74) is 13.7. The van der Waals surface area contributed by atoms with Gasteiger partial charge in [-0.3, -0.25) is 13.7 Å². The number of ether oxygens (including phenoxy) is 1. The minimum Gasteiger partial charge on any atom is -0.458 e. The summed E-state index contributed by atoms with van der Waals surface area (Å²) in [6, 6.07) is 49.7. The van der Waals surface area contributed by atoms with E-state index in [1.165, 1.54) is 34.5 Å². The highest BCUT2D eigenvalue weighted by molar-refractivity contribution is 6.09. The van der Waals surface area contributed by atoms with E-state index in [1.807, 2.05) is 65.2 Å². The molecular formula is C71H70N4O. The molecule has 76 heavy (non-hydrogen) atoms. The summed E-state index contributed by atoms with van der Waals surface area (Å²) >= 11 is 0. The number of pyridine rings is 1. The van der Waals surface area contributed by atoms with Gasteiger partial charge < -0.3 is 4.74 Å². The van der Waals surface area contributed by atoms with Crippen LogP contribution in [0.4, 0.5) is 0 Å². The molecule has 0 radical (unpaired) electrons. The summed E-state index contributed by atoms with van der Waals surface area (Å²) in [5, 5.41) is 1.77. The lowest BCUT2D eigenvalue weighted by Gasteiger charge is -2.27. The summed E-state index contributed by atoms with van der Waals surface area (Å²) in [6.45, 7) is 24.4. The molecule has 0 atom stereocenters. The van der Waals surface area contributed by atoms with Crippen molar-refractivity contribution in [1.29, 1.82) is 0 Å². The molecule has 5 nitrogen and oxygen atoms in total. The van der Waals surface area contributed by atoms with Gasteiger partial charge in [0.2, 0.25) is 0 Å². The molecule has 0 spiro atoms. The van der Waals surface area contributed by atoms with Crippen molar-refractivity contribution >= 4 is 32.8 Å². The van der Waals surface area contributed by atoms with Crippen LogP contribution in [0.2, 0.25) is 0 Å². The van der Waals surface area contributed by atoms with Crippen molar-refractivity contribution in [1.82, 2.24) is 14.1 Å². The molecule has 0 aliphatic carbocycles. The lowest BCUT2D eigenvalue weighted by atomic mass is 9.79. The minimum atomic E-state index is -2.75. The third-order valence-electron chi connectivity index (χ3n) is 14.6. The third kappa shape index (κ3) is 9.42. The van der Waals surface area contributed by atoms with Crippen LogP contribution < -0.4 is 9.30 Å². The van der Waals surface area contributed by atoms with E-state index < -0.39 is 37.1 Å². The molecule has 3 aromatic heterocycles. The SMILES string of the molecule is [2H]c1c([2H])c([2H])c(-c2cnc(-n3c4ccccc4c4ccc(Oc5cccc(-n6[c-][n+](-c7c(-c8cccc(C(C)(C)C)c8)cccc7C(C)(C)C)c7ccc(-c8cc(C(C)(C)C)cc(C(C)(C)C)c8)cc76)c5)cc43)cc2C([2H])([2H])[2H])c([2H])c1[2H]. The predicted molar refractivity (Wildman–Crippen MR) is 318 cm³/mol. The molecule has 11 rings (SSSR count). The van der Waals surface area contributed by atoms with Gasteiger partial charge in [-0.1, -0.05) is 210 Å². The van der Waals surface area contributed by atoms with Gasteiger partial charge in [-0.15, -0.1) is 0 Å². The van der Waals surface area contributed by atoms with Crippen molar-refractivity contribution in [2.75, 3.05) is 0 Å². The van der Waals surface area contributed by atoms with E-state index in [-0.39, 0.29) is 44.2 Å². The fraction of sp³-hybridized carbons (Fsp3) is 0.239. The van der Waals surface area contributed by atoms with Crippen molar-refractivity contribution in [2.24, 2.45) is 0 Å². The Morgan fingerprint density at radius 2 is 1.20 bits per heavy atom. The molecule has 8 aromatic carbocycles. The van der Waals surface area contributed by atoms with Crippen LogP contribution in [0, 0.1) is 13.2 Å². The fourth-order valence-corrected chi connectivity index (χ4v) is 10.3. The summed E-state index contributed by atoms with van der Waals surface area (Å²) < 4.78 is 81.3. The number of fused-ring (bicyclic) bond motifs is 4. The first-order valence-corrected chi connectivity index (χ1v) is 26.2. The van der Waals surface area contributed by atoms with Gasteiger partial charge >= 0.3 is 0 Å². The van der Waals surface area contributed by atoms with Crippen molar-refractivity contribution in [3.63, 3.8) is 0 Å². The number of rotatable bonds is 8. The average molecular weight is 1000 g/mol. The number of aromatic nitrogens is 4. The molecule has 0 unspecified atom stereocenters. The second-order valence-electron chi connectivity index (χ2n) is 24.3. The molecule has 0 N–H and O–H groups in total. The van der Waals surface area contributed by atoms with Gasteiger partial charge in [0, 0.05) is 32.7 Å². The summed E-state index contributed by atoms with van der Waals surface area (Å²) in [5.74, 6) is 1.35. The zero-order valence-corrected chi connectivity index (χ0v) is 45.7. The van der Waals surface area contributed by atoms with Crippen molar-refractivity contribution in [3.8, 4) is 62.1 Å². The second-order valence-corrected chi connectivity index (χ2v) is 24.3. The van der Waals surface area contributed by atoms with E-state index in [2.05, 4.69) is 183 Å². The predicted octanol–water partition coefficient (Wildman–Crippen LogP) is 18.5. The molecule has 0 aliphatic heterocycles. The Hall–Kier alpha value is -8.02. The van der Waals surface area contributed by atoms with Crippen LogP contribution in [0.3, 0.4) is 0 Å². The van der Waals surface area contributed by atoms with Crippen LogP contribution in [-0.2, 0) is 21.7 Å². The fourth-order valence-electron chi connectivity index (χ4n) is 10.3. The molecule has 0 saturated carbocycles. The maximum absolute atomic E-state index is 8.70. The Kier molecular flexibility index (Phi) is 10.1. The Morgan fingerprint density at radius 1 is 0.513 bits per heavy atom. The number of imidazole rings is 1. The number of hydrogen-bond acceptors (Lipinski definition) is 2. The first-order chi connectivity index (χ1) is 39.4. The van der Waals surface area contributed by atoms with Gasteiger partial charge in [0.1, 0.15) is 17.3 Å². The molecule has 3 heterocycles. The molecule has 5 heteroatoms. The minimum absolute atomic E-state index is 0.0597. The van der Waals surface area contributed by atoms with Gasteiger partial charge in [0.15, 0.2) is 0 Å². The van der Waals surface area contributed by atoms with Crippen molar-refractivity contribution < 1.29 is 20.3 Å². The highest BCUT2D eigenvalue weighted by atomic mass is 16.5. The number of nitrogens with zero attached hydrogens (tertiary/aromatic N) is 4. The lowest BCUT2D eigenvalue weighted by molar-refractivity contribution is -0.572. The maximum atomic E-state index is 8.70. The van der Waals surface area contributed by atoms with E-state index >= 15 is 0 Å². The number of benzene rings is 8. The number of aryl methyl sites for hydroxylation is 1. The standard InChI is InChI=1S/C71H70N4O/c1-46-36-66(72-44-60(46)47-22-15-14-16-23-47)75-62-31-18-17-28-58(62)59-34-33-56(43-64(59)75)76-55-27-20-26-54(42-55)73-45-74(67-57(29-21-30-61(67)71(11,12)13)49-24-19-25-51(37-49)68(2,3)4)63-35-32-48(40-65(63)73)50-38-52(69(5,6)7)41-53(39-50)70(8,9)10/h14-44H,1-13H3/i1D3,14D,15D,16D,22D,23D. The van der Waals surface area contributed by atoms with Crippen LogP contribution in [0.1, 0.15) is 122 Å². The van der Waals surface area contributed by atoms with Crippen LogP contribution in [0.5, 0.6) is 11.5 Å². The first kappa shape index (κ1) is 41.3. The Morgan fingerprint density at radius 3 is 1.92 bits per heavy atom. The molecular weight excluding hydrogens is 925 g/mol. The monoisotopic (exact) mass is 1000 g/mol. The average Bonchev–Trinajstić information content (AvgIpc) is 3.58. The van der Waals surface area contributed by atoms with Crippen LogP contribution in [0.15, 0.2) is 188 Å². The largest absolute Gasteiger partial charge is 0.458 e. The molecule has 380 valence electrons. The van der Waals surface area contributed by atoms with E-state index in [1.54, 1.807) is 0 Å².